The van der Waals surface area contributed by atoms with Gasteiger partial charge in [-0.2, -0.15) is 0 Å². The summed E-state index contributed by atoms with van der Waals surface area (Å²) in [6, 6.07) is 2.80. The molecule has 0 atom stereocenters. The predicted octanol–water partition coefficient (Wildman–Crippen LogP) is 4.06. The summed E-state index contributed by atoms with van der Waals surface area (Å²) < 4.78 is 11.0. The molecule has 1 aliphatic rings. The summed E-state index contributed by atoms with van der Waals surface area (Å²) in [4.78, 5) is 22.8. The largest absolute Gasteiger partial charge is 0.489 e. The lowest BCUT2D eigenvalue weighted by molar-refractivity contribution is -0.384. The minimum atomic E-state index is -0.522. The number of benzene rings is 1. The first kappa shape index (κ1) is 18.0. The van der Waals surface area contributed by atoms with E-state index in [0.29, 0.717) is 37.6 Å². The van der Waals surface area contributed by atoms with Gasteiger partial charge in [0.15, 0.2) is 11.5 Å². The van der Waals surface area contributed by atoms with Gasteiger partial charge in [0.25, 0.3) is 5.69 Å². The third kappa shape index (κ3) is 5.11. The van der Waals surface area contributed by atoms with E-state index >= 15 is 0 Å². The molecule has 1 aliphatic heterocycles. The Morgan fingerprint density at radius 3 is 2.50 bits per heavy atom. The number of carbonyl (C=O) groups is 1. The van der Waals surface area contributed by atoms with Crippen LogP contribution in [0.1, 0.15) is 51.9 Å². The number of hydrogen-bond donors (Lipinski definition) is 1. The van der Waals surface area contributed by atoms with Crippen LogP contribution in [0.15, 0.2) is 12.1 Å². The average molecular weight is 336 g/mol. The molecule has 0 aromatic heterocycles. The van der Waals surface area contributed by atoms with Gasteiger partial charge in [-0.15, -0.1) is 0 Å². The Kier molecular flexibility index (Phi) is 6.84. The molecule has 0 unspecified atom stereocenters. The number of hydrogen-bond acceptors (Lipinski definition) is 5. The highest BCUT2D eigenvalue weighted by Crippen LogP contribution is 2.39. The number of nitrogens with zero attached hydrogens (tertiary/aromatic N) is 1. The second kappa shape index (κ2) is 9.10. The van der Waals surface area contributed by atoms with E-state index in [1.54, 1.807) is 0 Å². The molecule has 7 nitrogen and oxygen atoms in total. The van der Waals surface area contributed by atoms with Crippen LogP contribution in [-0.2, 0) is 4.79 Å². The van der Waals surface area contributed by atoms with Crippen LogP contribution in [0.4, 0.5) is 11.4 Å². The summed E-state index contributed by atoms with van der Waals surface area (Å²) in [5.41, 5.74) is -0.0265. The lowest BCUT2D eigenvalue weighted by Gasteiger charge is -2.11. The molecule has 7 heteroatoms. The van der Waals surface area contributed by atoms with E-state index in [1.165, 1.54) is 12.1 Å². The van der Waals surface area contributed by atoms with Crippen LogP contribution in [0.25, 0.3) is 0 Å². The van der Waals surface area contributed by atoms with E-state index in [2.05, 4.69) is 12.2 Å². The number of nitrogens with one attached hydrogen (secondary N) is 1. The molecule has 2 rings (SSSR count). The highest BCUT2D eigenvalue weighted by molar-refractivity contribution is 5.93. The van der Waals surface area contributed by atoms with Crippen molar-refractivity contribution in [3.63, 3.8) is 0 Å². The molecule has 0 radical (unpaired) electrons. The zero-order chi connectivity index (χ0) is 17.4. The molecule has 132 valence electrons. The number of nitro benzene ring substituents is 1. The molecule has 0 bridgehead atoms. The molecule has 0 saturated heterocycles. The van der Waals surface area contributed by atoms with Gasteiger partial charge in [0.05, 0.1) is 24.2 Å². The van der Waals surface area contributed by atoms with Crippen molar-refractivity contribution in [2.24, 2.45) is 0 Å². The lowest BCUT2D eigenvalue weighted by Crippen LogP contribution is -2.13. The van der Waals surface area contributed by atoms with Crippen LogP contribution in [0.3, 0.4) is 0 Å². The van der Waals surface area contributed by atoms with Crippen LogP contribution < -0.4 is 14.8 Å². The van der Waals surface area contributed by atoms with Gasteiger partial charge in [0, 0.05) is 18.9 Å². The van der Waals surface area contributed by atoms with Crippen LogP contribution in [0.5, 0.6) is 11.5 Å². The Balaban J connectivity index is 2.03. The number of anilines is 1. The monoisotopic (exact) mass is 336 g/mol. The van der Waals surface area contributed by atoms with Gasteiger partial charge in [-0.3, -0.25) is 14.9 Å². The molecule has 0 spiro atoms. The fourth-order valence-electron chi connectivity index (χ4n) is 2.55. The highest BCUT2D eigenvalue weighted by atomic mass is 16.6. The van der Waals surface area contributed by atoms with Gasteiger partial charge in [0.2, 0.25) is 5.91 Å². The number of fused-ring (bicyclic) bond motifs is 1. The first-order valence-corrected chi connectivity index (χ1v) is 8.49. The smallest absolute Gasteiger partial charge is 0.296 e. The second-order valence-corrected chi connectivity index (χ2v) is 5.84. The third-order valence-electron chi connectivity index (χ3n) is 3.84. The number of rotatable bonds is 8. The minimum absolute atomic E-state index is 0.155. The van der Waals surface area contributed by atoms with Crippen molar-refractivity contribution in [2.75, 3.05) is 18.5 Å². The standard InChI is InChI=1S/C17H24N2O5/c1-2-3-4-5-6-8-17(20)18-13-11-15-16(12-14(13)19(21)22)24-10-7-9-23-15/h11-12H,2-10H2,1H3,(H,18,20). The summed E-state index contributed by atoms with van der Waals surface area (Å²) in [6.07, 6.45) is 6.25. The molecular weight excluding hydrogens is 312 g/mol. The van der Waals surface area contributed by atoms with Gasteiger partial charge in [-0.05, 0) is 6.42 Å². The van der Waals surface area contributed by atoms with Gasteiger partial charge in [-0.1, -0.05) is 32.6 Å². The van der Waals surface area contributed by atoms with E-state index in [-0.39, 0.29) is 17.3 Å². The summed E-state index contributed by atoms with van der Waals surface area (Å²) >= 11 is 0. The zero-order valence-electron chi connectivity index (χ0n) is 14.0. The summed E-state index contributed by atoms with van der Waals surface area (Å²) in [6.45, 7) is 3.07. The maximum Gasteiger partial charge on any atom is 0.296 e. The van der Waals surface area contributed by atoms with Crippen LogP contribution in [-0.4, -0.2) is 24.0 Å². The number of unbranched alkanes of at least 4 members (excludes halogenated alkanes) is 4. The summed E-state index contributed by atoms with van der Waals surface area (Å²) in [5, 5.41) is 13.9. The highest BCUT2D eigenvalue weighted by Gasteiger charge is 2.22. The van der Waals surface area contributed by atoms with E-state index in [4.69, 9.17) is 9.47 Å². The molecule has 1 heterocycles. The van der Waals surface area contributed by atoms with Crippen molar-refractivity contribution in [3.05, 3.63) is 22.2 Å². The van der Waals surface area contributed by atoms with Gasteiger partial charge in [-0.25, -0.2) is 0 Å². The molecule has 0 saturated carbocycles. The Morgan fingerprint density at radius 2 is 1.83 bits per heavy atom. The van der Waals surface area contributed by atoms with E-state index in [0.717, 1.165) is 32.1 Å². The van der Waals surface area contributed by atoms with E-state index < -0.39 is 4.92 Å². The first-order valence-electron chi connectivity index (χ1n) is 8.49. The number of nitro groups is 1. The molecule has 1 aromatic carbocycles. The molecule has 0 fully saturated rings. The number of ether oxygens (including phenoxy) is 2. The number of amides is 1. The van der Waals surface area contributed by atoms with Crippen molar-refractivity contribution >= 4 is 17.3 Å². The minimum Gasteiger partial charge on any atom is -0.489 e. The average Bonchev–Trinajstić information content (AvgIpc) is 2.78. The molecule has 1 amide bonds. The summed E-state index contributed by atoms with van der Waals surface area (Å²) in [5.74, 6) is 0.553. The normalized spacial score (nSPS) is 13.2. The molecule has 1 aromatic rings. The van der Waals surface area contributed by atoms with E-state index in [1.807, 2.05) is 0 Å². The zero-order valence-corrected chi connectivity index (χ0v) is 14.0. The Labute approximate surface area is 141 Å². The quantitative estimate of drug-likeness (QED) is 0.439. The lowest BCUT2D eigenvalue weighted by atomic mass is 10.1. The third-order valence-corrected chi connectivity index (χ3v) is 3.84. The van der Waals surface area contributed by atoms with Crippen LogP contribution >= 0.6 is 0 Å². The molecule has 1 N–H and O–H groups in total. The molecule has 0 aliphatic carbocycles. The van der Waals surface area contributed by atoms with E-state index in [9.17, 15) is 14.9 Å². The maximum absolute atomic E-state index is 12.1. The fraction of sp³-hybridized carbons (Fsp3) is 0.588. The fourth-order valence-corrected chi connectivity index (χ4v) is 2.55. The Hall–Kier alpha value is -2.31. The second-order valence-electron chi connectivity index (χ2n) is 5.84. The SMILES string of the molecule is CCCCCCCC(=O)Nc1cc2c(cc1[N+](=O)[O-])OCCCO2. The van der Waals surface area contributed by atoms with Crippen molar-refractivity contribution in [2.45, 2.75) is 51.9 Å². The van der Waals surface area contributed by atoms with Crippen LogP contribution in [0, 0.1) is 10.1 Å². The summed E-state index contributed by atoms with van der Waals surface area (Å²) in [7, 11) is 0. The predicted molar refractivity (Wildman–Crippen MR) is 90.7 cm³/mol. The Morgan fingerprint density at radius 1 is 1.17 bits per heavy atom. The van der Waals surface area contributed by atoms with Crippen molar-refractivity contribution in [1.82, 2.24) is 0 Å². The molecule has 24 heavy (non-hydrogen) atoms. The van der Waals surface area contributed by atoms with Gasteiger partial charge >= 0.3 is 0 Å². The molecular formula is C17H24N2O5. The number of carbonyl (C=O) groups excluding carboxylic acids is 1. The van der Waals surface area contributed by atoms with Gasteiger partial charge < -0.3 is 14.8 Å². The van der Waals surface area contributed by atoms with Crippen molar-refractivity contribution in [1.29, 1.82) is 0 Å². The maximum atomic E-state index is 12.1. The van der Waals surface area contributed by atoms with Gasteiger partial charge in [0.1, 0.15) is 5.69 Å². The topological polar surface area (TPSA) is 90.7 Å². The Bertz CT molecular complexity index is 589. The van der Waals surface area contributed by atoms with Crippen LogP contribution in [0.2, 0.25) is 0 Å². The van der Waals surface area contributed by atoms with Crippen molar-refractivity contribution in [3.8, 4) is 11.5 Å². The van der Waals surface area contributed by atoms with Crippen molar-refractivity contribution < 1.29 is 19.2 Å². The first-order chi connectivity index (χ1) is 11.6.